The maximum atomic E-state index is 13.4. The number of unbranched alkanes of at least 4 members (excludes halogenated alkanes) is 2. The predicted molar refractivity (Wildman–Crippen MR) is 118 cm³/mol. The summed E-state index contributed by atoms with van der Waals surface area (Å²) in [7, 11) is -0.511. The van der Waals surface area contributed by atoms with Crippen molar-refractivity contribution in [1.29, 1.82) is 0 Å². The summed E-state index contributed by atoms with van der Waals surface area (Å²) in [6.45, 7) is 4.11. The summed E-state index contributed by atoms with van der Waals surface area (Å²) >= 11 is 3.30. The van der Waals surface area contributed by atoms with Crippen molar-refractivity contribution in [2.24, 2.45) is 0 Å². The van der Waals surface area contributed by atoms with Crippen LogP contribution in [-0.4, -0.2) is 21.4 Å². The maximum Gasteiger partial charge on any atom is 0.323 e. The molecule has 0 aliphatic heterocycles. The highest BCUT2D eigenvalue weighted by molar-refractivity contribution is 9.10. The molecular weight excluding hydrogens is 460 g/mol. The van der Waals surface area contributed by atoms with Crippen LogP contribution in [0.3, 0.4) is 0 Å². The molecule has 0 unspecified atom stereocenters. The van der Waals surface area contributed by atoms with Gasteiger partial charge in [-0.2, -0.15) is 0 Å². The molecule has 29 heavy (non-hydrogen) atoms. The molecule has 2 rings (SSSR count). The normalized spacial score (nSPS) is 11.0. The highest BCUT2D eigenvalue weighted by atomic mass is 79.9. The summed E-state index contributed by atoms with van der Waals surface area (Å²) in [4.78, 5) is 21.9. The SMILES string of the molecule is CCCC[S+](CCCC)c1c([N+](=O)[O-])ccc(-c2ccc([N+](=O)[O-])cc2Br)c1[O-]. The number of rotatable bonds is 10. The van der Waals surface area contributed by atoms with Crippen LogP contribution >= 0.6 is 15.9 Å². The number of hydrogen-bond acceptors (Lipinski definition) is 5. The minimum atomic E-state index is -0.513. The lowest BCUT2D eigenvalue weighted by Crippen LogP contribution is -2.17. The topological polar surface area (TPSA) is 109 Å². The summed E-state index contributed by atoms with van der Waals surface area (Å²) in [5.41, 5.74) is 0.581. The zero-order chi connectivity index (χ0) is 21.6. The Morgan fingerprint density at radius 2 is 1.52 bits per heavy atom. The van der Waals surface area contributed by atoms with Gasteiger partial charge in [0, 0.05) is 33.6 Å². The van der Waals surface area contributed by atoms with E-state index in [2.05, 4.69) is 29.8 Å². The van der Waals surface area contributed by atoms with Crippen LogP contribution in [0.5, 0.6) is 5.75 Å². The summed E-state index contributed by atoms with van der Waals surface area (Å²) in [5.74, 6) is 1.14. The van der Waals surface area contributed by atoms with Crippen molar-refractivity contribution in [3.8, 4) is 16.9 Å². The number of nitro groups is 2. The van der Waals surface area contributed by atoms with E-state index in [4.69, 9.17) is 0 Å². The minimum Gasteiger partial charge on any atom is -0.868 e. The Morgan fingerprint density at radius 1 is 0.931 bits per heavy atom. The van der Waals surface area contributed by atoms with Gasteiger partial charge >= 0.3 is 5.69 Å². The Balaban J connectivity index is 2.63. The van der Waals surface area contributed by atoms with Crippen LogP contribution in [0.25, 0.3) is 11.1 Å². The second-order valence-electron chi connectivity index (χ2n) is 6.58. The van der Waals surface area contributed by atoms with Crippen molar-refractivity contribution in [2.45, 2.75) is 44.4 Å². The van der Waals surface area contributed by atoms with Crippen LogP contribution < -0.4 is 5.11 Å². The van der Waals surface area contributed by atoms with Gasteiger partial charge in [-0.15, -0.1) is 0 Å². The van der Waals surface area contributed by atoms with Crippen molar-refractivity contribution in [1.82, 2.24) is 0 Å². The molecule has 0 saturated carbocycles. The van der Waals surface area contributed by atoms with Crippen molar-refractivity contribution in [3.63, 3.8) is 0 Å². The third-order valence-electron chi connectivity index (χ3n) is 4.52. The number of nitro benzene ring substituents is 2. The number of halogens is 1. The van der Waals surface area contributed by atoms with E-state index >= 15 is 0 Å². The number of benzene rings is 2. The Labute approximate surface area is 180 Å². The molecule has 0 heterocycles. The third kappa shape index (κ3) is 5.48. The van der Waals surface area contributed by atoms with Crippen LogP contribution in [0.15, 0.2) is 39.7 Å². The summed E-state index contributed by atoms with van der Waals surface area (Å²) in [6, 6.07) is 7.00. The Bertz CT molecular complexity index is 899. The fourth-order valence-electron chi connectivity index (χ4n) is 2.97. The highest BCUT2D eigenvalue weighted by Crippen LogP contribution is 2.43. The molecule has 0 aromatic heterocycles. The van der Waals surface area contributed by atoms with Crippen LogP contribution in [0, 0.1) is 20.2 Å². The van der Waals surface area contributed by atoms with Crippen LogP contribution in [0.2, 0.25) is 0 Å². The van der Waals surface area contributed by atoms with E-state index in [-0.39, 0.29) is 22.0 Å². The van der Waals surface area contributed by atoms with E-state index < -0.39 is 20.7 Å². The minimum absolute atomic E-state index is 0.0964. The Hall–Kier alpha value is -2.13. The molecule has 0 saturated heterocycles. The molecule has 2 aromatic rings. The van der Waals surface area contributed by atoms with Gasteiger partial charge < -0.3 is 5.11 Å². The van der Waals surface area contributed by atoms with Crippen molar-refractivity contribution in [3.05, 3.63) is 55.0 Å². The first-order chi connectivity index (χ1) is 13.8. The fraction of sp³-hybridized carbons (Fsp3) is 0.400. The second-order valence-corrected chi connectivity index (χ2v) is 9.64. The number of hydrogen-bond donors (Lipinski definition) is 0. The quantitative estimate of drug-likeness (QED) is 0.249. The average Bonchev–Trinajstić information content (AvgIpc) is 2.68. The summed E-state index contributed by atoms with van der Waals surface area (Å²) in [5, 5.41) is 36.0. The first-order valence-corrected chi connectivity index (χ1v) is 11.8. The third-order valence-corrected chi connectivity index (χ3v) is 7.71. The van der Waals surface area contributed by atoms with E-state index in [1.165, 1.54) is 30.3 Å². The van der Waals surface area contributed by atoms with Crippen LogP contribution in [-0.2, 0) is 10.9 Å². The Morgan fingerprint density at radius 3 is 2.00 bits per heavy atom. The molecule has 0 bridgehead atoms. The monoisotopic (exact) mass is 482 g/mol. The predicted octanol–water partition coefficient (Wildman–Crippen LogP) is 5.58. The first-order valence-electron chi connectivity index (χ1n) is 9.42. The molecule has 9 heteroatoms. The van der Waals surface area contributed by atoms with Gasteiger partial charge in [-0.1, -0.05) is 26.7 Å². The molecule has 0 amide bonds. The summed E-state index contributed by atoms with van der Waals surface area (Å²) in [6.07, 6.45) is 3.69. The second kappa shape index (κ2) is 10.6. The highest BCUT2D eigenvalue weighted by Gasteiger charge is 2.32. The van der Waals surface area contributed by atoms with Crippen LogP contribution in [0.1, 0.15) is 39.5 Å². The molecule has 7 nitrogen and oxygen atoms in total. The molecule has 0 aliphatic carbocycles. The van der Waals surface area contributed by atoms with Gasteiger partial charge in [-0.25, -0.2) is 0 Å². The molecule has 0 aliphatic rings. The lowest BCUT2D eigenvalue weighted by Gasteiger charge is -2.19. The fourth-order valence-corrected chi connectivity index (χ4v) is 6.24. The van der Waals surface area contributed by atoms with E-state index in [1.54, 1.807) is 0 Å². The van der Waals surface area contributed by atoms with E-state index in [0.29, 0.717) is 15.6 Å². The molecule has 0 spiro atoms. The molecule has 2 aromatic carbocycles. The number of non-ortho nitro benzene ring substituents is 1. The van der Waals surface area contributed by atoms with Crippen molar-refractivity contribution < 1.29 is 15.0 Å². The standard InChI is InChI=1S/C20H23BrN2O5S/c1-3-5-11-29(12-6-4-2)20-18(23(27)28)10-9-16(19(20)24)15-8-7-14(22(25)26)13-17(15)21/h7-10,13H,3-6,11-12H2,1-2H3. The molecular formula is C20H23BrN2O5S. The molecule has 0 N–H and O–H groups in total. The van der Waals surface area contributed by atoms with Gasteiger partial charge in [0.25, 0.3) is 5.69 Å². The van der Waals surface area contributed by atoms with Gasteiger partial charge in [0.2, 0.25) is 4.90 Å². The average molecular weight is 483 g/mol. The molecule has 0 fully saturated rings. The van der Waals surface area contributed by atoms with Gasteiger partial charge in [-0.3, -0.25) is 20.2 Å². The van der Waals surface area contributed by atoms with E-state index in [0.717, 1.165) is 37.2 Å². The smallest absolute Gasteiger partial charge is 0.323 e. The molecule has 0 atom stereocenters. The Kier molecular flexibility index (Phi) is 8.45. The van der Waals surface area contributed by atoms with Gasteiger partial charge in [0.15, 0.2) is 0 Å². The molecule has 156 valence electrons. The van der Waals surface area contributed by atoms with Crippen LogP contribution in [0.4, 0.5) is 11.4 Å². The largest absolute Gasteiger partial charge is 0.868 e. The van der Waals surface area contributed by atoms with Crippen molar-refractivity contribution >= 4 is 38.2 Å². The van der Waals surface area contributed by atoms with Gasteiger partial charge in [0.05, 0.1) is 9.85 Å². The zero-order valence-corrected chi connectivity index (χ0v) is 18.8. The number of nitrogens with zero attached hydrogens (tertiary/aromatic N) is 2. The first kappa shape index (κ1) is 23.2. The van der Waals surface area contributed by atoms with Gasteiger partial charge in [-0.05, 0) is 57.8 Å². The van der Waals surface area contributed by atoms with E-state index in [9.17, 15) is 25.3 Å². The zero-order valence-electron chi connectivity index (χ0n) is 16.4. The lowest BCUT2D eigenvalue weighted by molar-refractivity contribution is -0.389. The van der Waals surface area contributed by atoms with Gasteiger partial charge in [0.1, 0.15) is 11.5 Å². The summed E-state index contributed by atoms with van der Waals surface area (Å²) < 4.78 is 0.408. The lowest BCUT2D eigenvalue weighted by atomic mass is 10.0. The molecule has 0 radical (unpaired) electrons. The van der Waals surface area contributed by atoms with Crippen molar-refractivity contribution in [2.75, 3.05) is 11.5 Å². The van der Waals surface area contributed by atoms with E-state index in [1.807, 2.05) is 0 Å². The maximum absolute atomic E-state index is 13.4.